The minimum absolute atomic E-state index is 0.00519. The molecule has 0 aromatic heterocycles. The number of nitrogens with zero attached hydrogens (tertiary/aromatic N) is 2. The molecule has 0 aromatic carbocycles. The zero-order valence-electron chi connectivity index (χ0n) is 15.0. The van der Waals surface area contributed by atoms with Crippen LogP contribution in [0.25, 0.3) is 0 Å². The zero-order valence-corrected chi connectivity index (χ0v) is 15.8. The van der Waals surface area contributed by atoms with Gasteiger partial charge in [-0.3, -0.25) is 4.79 Å². The van der Waals surface area contributed by atoms with Gasteiger partial charge in [0, 0.05) is 19.0 Å². The number of carbonyl (C=O) groups excluding carboxylic acids is 1. The standard InChI is InChI=1S/C17H33N3O3S/c1-2-4-15-5-12-20(13-6-15)24(22,23)14-3-9-19-10-7-16(8-11-19)17(18)21/h15-16H,2-14H2,1H3,(H2,18,21). The summed E-state index contributed by atoms with van der Waals surface area (Å²) in [5.41, 5.74) is 5.34. The predicted molar refractivity (Wildman–Crippen MR) is 96.0 cm³/mol. The van der Waals surface area contributed by atoms with Crippen LogP contribution in [0.4, 0.5) is 0 Å². The molecule has 0 aromatic rings. The normalized spacial score (nSPS) is 22.7. The fourth-order valence-corrected chi connectivity index (χ4v) is 5.44. The Morgan fingerprint density at radius 2 is 1.71 bits per heavy atom. The van der Waals surface area contributed by atoms with E-state index in [4.69, 9.17) is 5.73 Å². The summed E-state index contributed by atoms with van der Waals surface area (Å²) in [5, 5.41) is 0. The monoisotopic (exact) mass is 359 g/mol. The van der Waals surface area contributed by atoms with Crippen molar-refractivity contribution >= 4 is 15.9 Å². The van der Waals surface area contributed by atoms with Gasteiger partial charge in [-0.2, -0.15) is 0 Å². The summed E-state index contributed by atoms with van der Waals surface area (Å²) in [5.74, 6) is 0.729. The highest BCUT2D eigenvalue weighted by atomic mass is 32.2. The Kier molecular flexibility index (Phi) is 7.50. The second kappa shape index (κ2) is 9.15. The summed E-state index contributed by atoms with van der Waals surface area (Å²) in [4.78, 5) is 13.4. The van der Waals surface area contributed by atoms with Crippen molar-refractivity contribution in [3.8, 4) is 0 Å². The van der Waals surface area contributed by atoms with Gasteiger partial charge in [-0.05, 0) is 57.7 Å². The first-order chi connectivity index (χ1) is 11.4. The van der Waals surface area contributed by atoms with E-state index in [0.717, 1.165) is 45.3 Å². The molecule has 0 aliphatic carbocycles. The predicted octanol–water partition coefficient (Wildman–Crippen LogP) is 1.42. The van der Waals surface area contributed by atoms with E-state index in [0.29, 0.717) is 25.4 Å². The lowest BCUT2D eigenvalue weighted by atomic mass is 9.94. The molecule has 0 spiro atoms. The fraction of sp³-hybridized carbons (Fsp3) is 0.941. The lowest BCUT2D eigenvalue weighted by Gasteiger charge is -2.32. The highest BCUT2D eigenvalue weighted by Gasteiger charge is 2.28. The first-order valence-corrected chi connectivity index (χ1v) is 11.0. The van der Waals surface area contributed by atoms with E-state index in [-0.39, 0.29) is 17.6 Å². The van der Waals surface area contributed by atoms with Crippen LogP contribution < -0.4 is 5.73 Å². The van der Waals surface area contributed by atoms with Gasteiger partial charge in [0.05, 0.1) is 5.75 Å². The van der Waals surface area contributed by atoms with Crippen LogP contribution in [0.1, 0.15) is 51.9 Å². The second-order valence-corrected chi connectivity index (χ2v) is 9.41. The minimum Gasteiger partial charge on any atom is -0.369 e. The molecule has 0 bridgehead atoms. The maximum atomic E-state index is 12.5. The quantitative estimate of drug-likeness (QED) is 0.710. The van der Waals surface area contributed by atoms with Crippen LogP contribution in [0.15, 0.2) is 0 Å². The van der Waals surface area contributed by atoms with Gasteiger partial charge in [-0.15, -0.1) is 0 Å². The third-order valence-electron chi connectivity index (χ3n) is 5.53. The number of hydrogen-bond donors (Lipinski definition) is 1. The topological polar surface area (TPSA) is 83.7 Å². The van der Waals surface area contributed by atoms with Crippen LogP contribution >= 0.6 is 0 Å². The largest absolute Gasteiger partial charge is 0.369 e. The molecule has 1 amide bonds. The van der Waals surface area contributed by atoms with Gasteiger partial charge < -0.3 is 10.6 Å². The number of piperidine rings is 2. The molecule has 2 heterocycles. The van der Waals surface area contributed by atoms with E-state index in [1.54, 1.807) is 4.31 Å². The minimum atomic E-state index is -3.11. The van der Waals surface area contributed by atoms with Crippen molar-refractivity contribution in [1.82, 2.24) is 9.21 Å². The molecule has 2 fully saturated rings. The number of likely N-dealkylation sites (tertiary alicyclic amines) is 1. The van der Waals surface area contributed by atoms with Crippen LogP contribution in [-0.4, -0.2) is 62.0 Å². The summed E-state index contributed by atoms with van der Waals surface area (Å²) in [6.07, 6.45) is 6.68. The first kappa shape index (κ1) is 19.7. The third-order valence-corrected chi connectivity index (χ3v) is 7.49. The molecule has 140 valence electrons. The molecule has 2 rings (SSSR count). The van der Waals surface area contributed by atoms with Crippen LogP contribution in [0.2, 0.25) is 0 Å². The van der Waals surface area contributed by atoms with Crippen molar-refractivity contribution in [3.63, 3.8) is 0 Å². The third kappa shape index (κ3) is 5.70. The van der Waals surface area contributed by atoms with Crippen LogP contribution in [0.3, 0.4) is 0 Å². The number of amides is 1. The van der Waals surface area contributed by atoms with Gasteiger partial charge in [0.15, 0.2) is 0 Å². The number of hydrogen-bond acceptors (Lipinski definition) is 4. The Labute approximate surface area is 146 Å². The molecule has 2 aliphatic heterocycles. The lowest BCUT2D eigenvalue weighted by molar-refractivity contribution is -0.123. The molecule has 6 nitrogen and oxygen atoms in total. The van der Waals surface area contributed by atoms with E-state index < -0.39 is 10.0 Å². The Morgan fingerprint density at radius 1 is 1.08 bits per heavy atom. The summed E-state index contributed by atoms with van der Waals surface area (Å²) in [6, 6.07) is 0. The Bertz CT molecular complexity index is 493. The first-order valence-electron chi connectivity index (χ1n) is 9.42. The van der Waals surface area contributed by atoms with Gasteiger partial charge in [0.2, 0.25) is 15.9 Å². The van der Waals surface area contributed by atoms with E-state index in [1.807, 2.05) is 0 Å². The highest BCUT2D eigenvalue weighted by Crippen LogP contribution is 2.24. The average Bonchev–Trinajstić information content (AvgIpc) is 2.56. The summed E-state index contributed by atoms with van der Waals surface area (Å²) >= 11 is 0. The maximum absolute atomic E-state index is 12.5. The SMILES string of the molecule is CCCC1CCN(S(=O)(=O)CCCN2CCC(C(N)=O)CC2)CC1. The molecule has 2 N–H and O–H groups in total. The smallest absolute Gasteiger partial charge is 0.220 e. The van der Waals surface area contributed by atoms with Gasteiger partial charge in [0.25, 0.3) is 0 Å². The maximum Gasteiger partial charge on any atom is 0.220 e. The van der Waals surface area contributed by atoms with E-state index in [9.17, 15) is 13.2 Å². The number of nitrogens with two attached hydrogens (primary N) is 1. The Morgan fingerprint density at radius 3 is 2.25 bits per heavy atom. The van der Waals surface area contributed by atoms with E-state index in [1.165, 1.54) is 12.8 Å². The molecule has 24 heavy (non-hydrogen) atoms. The number of sulfonamides is 1. The summed E-state index contributed by atoms with van der Waals surface area (Å²) in [6.45, 7) is 6.05. The van der Waals surface area contributed by atoms with Gasteiger partial charge in [-0.1, -0.05) is 19.8 Å². The number of rotatable bonds is 8. The van der Waals surface area contributed by atoms with Gasteiger partial charge in [0.1, 0.15) is 0 Å². The molecule has 2 aliphatic rings. The van der Waals surface area contributed by atoms with E-state index >= 15 is 0 Å². The van der Waals surface area contributed by atoms with Crippen molar-refractivity contribution < 1.29 is 13.2 Å². The average molecular weight is 360 g/mol. The van der Waals surface area contributed by atoms with Crippen molar-refractivity contribution in [2.24, 2.45) is 17.6 Å². The molecule has 0 unspecified atom stereocenters. The highest BCUT2D eigenvalue weighted by molar-refractivity contribution is 7.89. The second-order valence-electron chi connectivity index (χ2n) is 7.32. The summed E-state index contributed by atoms with van der Waals surface area (Å²) < 4.78 is 26.7. The fourth-order valence-electron chi connectivity index (χ4n) is 3.93. The molecule has 0 radical (unpaired) electrons. The van der Waals surface area contributed by atoms with Crippen molar-refractivity contribution in [3.05, 3.63) is 0 Å². The Balaban J connectivity index is 1.67. The molecular formula is C17H33N3O3S. The molecule has 2 saturated heterocycles. The molecule has 0 saturated carbocycles. The Hall–Kier alpha value is -0.660. The number of primary amides is 1. The molecule has 0 atom stereocenters. The van der Waals surface area contributed by atoms with Crippen LogP contribution in [0.5, 0.6) is 0 Å². The lowest BCUT2D eigenvalue weighted by Crippen LogP contribution is -2.41. The van der Waals surface area contributed by atoms with Crippen LogP contribution in [0, 0.1) is 11.8 Å². The molecular weight excluding hydrogens is 326 g/mol. The van der Waals surface area contributed by atoms with Gasteiger partial charge >= 0.3 is 0 Å². The van der Waals surface area contributed by atoms with E-state index in [2.05, 4.69) is 11.8 Å². The van der Waals surface area contributed by atoms with Crippen molar-refractivity contribution in [2.45, 2.75) is 51.9 Å². The van der Waals surface area contributed by atoms with Crippen LogP contribution in [-0.2, 0) is 14.8 Å². The van der Waals surface area contributed by atoms with Crippen molar-refractivity contribution in [1.29, 1.82) is 0 Å². The number of carbonyl (C=O) groups is 1. The zero-order chi connectivity index (χ0) is 17.6. The van der Waals surface area contributed by atoms with Crippen molar-refractivity contribution in [2.75, 3.05) is 38.5 Å². The molecule has 7 heteroatoms. The summed E-state index contributed by atoms with van der Waals surface area (Å²) in [7, 11) is -3.11. The van der Waals surface area contributed by atoms with Gasteiger partial charge in [-0.25, -0.2) is 12.7 Å².